The van der Waals surface area contributed by atoms with E-state index in [-0.39, 0.29) is 0 Å². The number of rotatable bonds is 3. The van der Waals surface area contributed by atoms with E-state index in [1.165, 1.54) is 22.4 Å². The van der Waals surface area contributed by atoms with Gasteiger partial charge in [-0.25, -0.2) is 0 Å². The number of aryl methyl sites for hydroxylation is 1. The summed E-state index contributed by atoms with van der Waals surface area (Å²) in [6.07, 6.45) is 2.25. The second-order valence-corrected chi connectivity index (χ2v) is 6.29. The molecule has 20 heavy (non-hydrogen) atoms. The number of anilines is 1. The van der Waals surface area contributed by atoms with E-state index >= 15 is 0 Å². The van der Waals surface area contributed by atoms with E-state index in [4.69, 9.17) is 11.6 Å². The lowest BCUT2D eigenvalue weighted by Crippen LogP contribution is -2.07. The zero-order chi connectivity index (χ0) is 14.1. The monoisotopic (exact) mass is 285 g/mol. The summed E-state index contributed by atoms with van der Waals surface area (Å²) in [7, 11) is 0. The lowest BCUT2D eigenvalue weighted by atomic mass is 10.0. The number of nitrogens with one attached hydrogen (secondary N) is 1. The molecular formula is C18H20ClN. The number of fused-ring (bicyclic) bond motifs is 1. The van der Waals surface area contributed by atoms with Crippen LogP contribution in [0.2, 0.25) is 5.02 Å². The van der Waals surface area contributed by atoms with Crippen LogP contribution >= 0.6 is 11.6 Å². The van der Waals surface area contributed by atoms with Crippen LogP contribution in [0.4, 0.5) is 5.69 Å². The molecule has 0 spiro atoms. The van der Waals surface area contributed by atoms with Crippen LogP contribution in [0.25, 0.3) is 0 Å². The van der Waals surface area contributed by atoms with Crippen LogP contribution < -0.4 is 5.32 Å². The van der Waals surface area contributed by atoms with Gasteiger partial charge in [-0.05, 0) is 59.7 Å². The Labute approximate surface area is 126 Å². The van der Waals surface area contributed by atoms with Crippen LogP contribution in [0.15, 0.2) is 42.5 Å². The van der Waals surface area contributed by atoms with Gasteiger partial charge in [0.25, 0.3) is 0 Å². The third kappa shape index (κ3) is 2.69. The molecular weight excluding hydrogens is 266 g/mol. The van der Waals surface area contributed by atoms with E-state index in [1.54, 1.807) is 0 Å². The molecule has 0 radical (unpaired) electrons. The first-order valence-corrected chi connectivity index (χ1v) is 7.66. The maximum absolute atomic E-state index is 6.06. The molecule has 1 unspecified atom stereocenters. The van der Waals surface area contributed by atoms with Crippen LogP contribution in [0.5, 0.6) is 0 Å². The molecule has 0 saturated heterocycles. The Hall–Kier alpha value is -1.47. The minimum absolute atomic E-state index is 0.409. The van der Waals surface area contributed by atoms with Gasteiger partial charge in [-0.15, -0.1) is 0 Å². The van der Waals surface area contributed by atoms with Crippen LogP contribution in [-0.4, -0.2) is 0 Å². The number of halogens is 1. The molecule has 2 heteroatoms. The van der Waals surface area contributed by atoms with E-state index in [0.29, 0.717) is 12.0 Å². The average molecular weight is 286 g/mol. The predicted octanol–water partition coefficient (Wildman–Crippen LogP) is 5.56. The van der Waals surface area contributed by atoms with Crippen LogP contribution in [0, 0.1) is 0 Å². The van der Waals surface area contributed by atoms with E-state index < -0.39 is 0 Å². The minimum atomic E-state index is 0.409. The van der Waals surface area contributed by atoms with Crippen molar-refractivity contribution < 1.29 is 0 Å². The van der Waals surface area contributed by atoms with E-state index in [1.807, 2.05) is 6.07 Å². The highest BCUT2D eigenvalue weighted by atomic mass is 35.5. The van der Waals surface area contributed by atoms with Gasteiger partial charge in [-0.1, -0.05) is 43.6 Å². The number of hydrogen-bond donors (Lipinski definition) is 1. The van der Waals surface area contributed by atoms with Gasteiger partial charge in [0.05, 0.1) is 6.04 Å². The van der Waals surface area contributed by atoms with Crippen LogP contribution in [0.1, 0.15) is 48.9 Å². The second-order valence-electron chi connectivity index (χ2n) is 5.86. The number of benzene rings is 2. The molecule has 0 saturated carbocycles. The third-order valence-electron chi connectivity index (χ3n) is 4.10. The summed E-state index contributed by atoms with van der Waals surface area (Å²) in [5.74, 6) is 0.582. The maximum Gasteiger partial charge on any atom is 0.0519 e. The summed E-state index contributed by atoms with van der Waals surface area (Å²) < 4.78 is 0. The van der Waals surface area contributed by atoms with Gasteiger partial charge in [0.1, 0.15) is 0 Å². The van der Waals surface area contributed by atoms with Crippen molar-refractivity contribution >= 4 is 17.3 Å². The molecule has 3 rings (SSSR count). The Morgan fingerprint density at radius 1 is 1.10 bits per heavy atom. The van der Waals surface area contributed by atoms with Gasteiger partial charge in [-0.2, -0.15) is 0 Å². The molecule has 1 N–H and O–H groups in total. The summed E-state index contributed by atoms with van der Waals surface area (Å²) in [6.45, 7) is 4.44. The highest BCUT2D eigenvalue weighted by Gasteiger charge is 2.22. The van der Waals surface area contributed by atoms with Gasteiger partial charge < -0.3 is 5.32 Å². The van der Waals surface area contributed by atoms with Crippen LogP contribution in [0.3, 0.4) is 0 Å². The summed E-state index contributed by atoms with van der Waals surface area (Å²) in [5, 5.41) is 4.48. The van der Waals surface area contributed by atoms with Gasteiger partial charge in [0.15, 0.2) is 0 Å². The fourth-order valence-electron chi connectivity index (χ4n) is 2.90. The molecule has 2 aromatic rings. The standard InChI is InChI=1S/C18H20ClN/c1-12(2)13-3-7-16(8-4-13)20-18-10-5-14-11-15(19)6-9-17(14)18/h3-4,6-9,11-12,18,20H,5,10H2,1-2H3. The smallest absolute Gasteiger partial charge is 0.0519 e. The Morgan fingerprint density at radius 2 is 1.85 bits per heavy atom. The minimum Gasteiger partial charge on any atom is -0.378 e. The van der Waals surface area contributed by atoms with Gasteiger partial charge in [-0.3, -0.25) is 0 Å². The van der Waals surface area contributed by atoms with Crippen molar-refractivity contribution in [1.82, 2.24) is 0 Å². The number of hydrogen-bond acceptors (Lipinski definition) is 1. The van der Waals surface area contributed by atoms with E-state index in [0.717, 1.165) is 17.9 Å². The second kappa shape index (κ2) is 5.49. The van der Waals surface area contributed by atoms with Crippen LogP contribution in [-0.2, 0) is 6.42 Å². The molecule has 0 fully saturated rings. The molecule has 104 valence electrons. The van der Waals surface area contributed by atoms with Crippen molar-refractivity contribution in [1.29, 1.82) is 0 Å². The highest BCUT2D eigenvalue weighted by molar-refractivity contribution is 6.30. The highest BCUT2D eigenvalue weighted by Crippen LogP contribution is 2.35. The molecule has 2 aromatic carbocycles. The Morgan fingerprint density at radius 3 is 2.55 bits per heavy atom. The summed E-state index contributed by atoms with van der Waals surface area (Å²) in [6, 6.07) is 15.4. The van der Waals surface area contributed by atoms with E-state index in [9.17, 15) is 0 Å². The first-order valence-electron chi connectivity index (χ1n) is 7.28. The average Bonchev–Trinajstić information content (AvgIpc) is 2.81. The quantitative estimate of drug-likeness (QED) is 0.778. The van der Waals surface area contributed by atoms with Crippen molar-refractivity contribution in [2.75, 3.05) is 5.32 Å². The van der Waals surface area contributed by atoms with Crippen molar-refractivity contribution in [3.63, 3.8) is 0 Å². The molecule has 0 bridgehead atoms. The zero-order valence-corrected chi connectivity index (χ0v) is 12.7. The molecule has 0 aromatic heterocycles. The first kappa shape index (κ1) is 13.5. The van der Waals surface area contributed by atoms with Crippen molar-refractivity contribution in [2.45, 2.75) is 38.6 Å². The van der Waals surface area contributed by atoms with Crippen molar-refractivity contribution in [3.8, 4) is 0 Å². The summed E-state index contributed by atoms with van der Waals surface area (Å²) in [5.41, 5.74) is 5.35. The molecule has 0 heterocycles. The predicted molar refractivity (Wildman–Crippen MR) is 86.7 cm³/mol. The largest absolute Gasteiger partial charge is 0.378 e. The molecule has 0 amide bonds. The third-order valence-corrected chi connectivity index (χ3v) is 4.34. The van der Waals surface area contributed by atoms with Crippen molar-refractivity contribution in [3.05, 3.63) is 64.2 Å². The van der Waals surface area contributed by atoms with Gasteiger partial charge in [0, 0.05) is 10.7 Å². The summed E-state index contributed by atoms with van der Waals surface area (Å²) in [4.78, 5) is 0. The Balaban J connectivity index is 1.77. The first-order chi connectivity index (χ1) is 9.63. The Bertz CT molecular complexity index is 601. The SMILES string of the molecule is CC(C)c1ccc(NC2CCc3cc(Cl)ccc32)cc1. The van der Waals surface area contributed by atoms with Crippen molar-refractivity contribution in [2.24, 2.45) is 0 Å². The van der Waals surface area contributed by atoms with E-state index in [2.05, 4.69) is 55.6 Å². The zero-order valence-electron chi connectivity index (χ0n) is 12.0. The molecule has 1 atom stereocenters. The fourth-order valence-corrected chi connectivity index (χ4v) is 3.10. The Kier molecular flexibility index (Phi) is 3.71. The molecule has 1 nitrogen and oxygen atoms in total. The normalized spacial score (nSPS) is 17.3. The molecule has 1 aliphatic rings. The topological polar surface area (TPSA) is 12.0 Å². The lowest BCUT2D eigenvalue weighted by Gasteiger charge is -2.16. The maximum atomic E-state index is 6.06. The molecule has 0 aliphatic heterocycles. The fraction of sp³-hybridized carbons (Fsp3) is 0.333. The van der Waals surface area contributed by atoms with Gasteiger partial charge in [0.2, 0.25) is 0 Å². The summed E-state index contributed by atoms with van der Waals surface area (Å²) >= 11 is 6.06. The molecule has 1 aliphatic carbocycles. The van der Waals surface area contributed by atoms with Gasteiger partial charge >= 0.3 is 0 Å². The lowest BCUT2D eigenvalue weighted by molar-refractivity contribution is 0.762.